The van der Waals surface area contributed by atoms with Crippen LogP contribution in [0, 0.1) is 0 Å². The second-order valence-corrected chi connectivity index (χ2v) is 8.49. The first kappa shape index (κ1) is 23.1. The smallest absolute Gasteiger partial charge is 0.241 e. The number of fused-ring (bicyclic) bond motifs is 1. The molecule has 0 aromatic heterocycles. The summed E-state index contributed by atoms with van der Waals surface area (Å²) in [5.74, 6) is -0.643. The lowest BCUT2D eigenvalue weighted by atomic mass is 10.1. The molecule has 0 aliphatic carbocycles. The summed E-state index contributed by atoms with van der Waals surface area (Å²) < 4.78 is 0. The van der Waals surface area contributed by atoms with E-state index in [9.17, 15) is 14.4 Å². The van der Waals surface area contributed by atoms with E-state index < -0.39 is 6.04 Å². The van der Waals surface area contributed by atoms with E-state index in [-0.39, 0.29) is 36.7 Å². The Morgan fingerprint density at radius 3 is 2.55 bits per heavy atom. The summed E-state index contributed by atoms with van der Waals surface area (Å²) in [6.45, 7) is 3.54. The molecule has 1 aliphatic heterocycles. The minimum Gasteiger partial charge on any atom is -0.325 e. The molecule has 31 heavy (non-hydrogen) atoms. The number of para-hydroxylation sites is 2. The zero-order valence-electron chi connectivity index (χ0n) is 17.5. The Morgan fingerprint density at radius 2 is 1.87 bits per heavy atom. The van der Waals surface area contributed by atoms with Crippen LogP contribution in [-0.4, -0.2) is 48.3 Å². The fourth-order valence-electron chi connectivity index (χ4n) is 3.47. The number of benzene rings is 2. The number of rotatable bonds is 5. The van der Waals surface area contributed by atoms with E-state index in [0.29, 0.717) is 27.1 Å². The van der Waals surface area contributed by atoms with E-state index in [4.69, 9.17) is 23.2 Å². The summed E-state index contributed by atoms with van der Waals surface area (Å²) >= 11 is 12.0. The highest BCUT2D eigenvalue weighted by molar-refractivity contribution is 6.35. The number of hydrogen-bond acceptors (Lipinski definition) is 4. The maximum atomic E-state index is 13.2. The Morgan fingerprint density at radius 1 is 1.23 bits per heavy atom. The molecule has 0 spiro atoms. The Balaban J connectivity index is 1.71. The molecule has 3 rings (SSSR count). The molecule has 0 bridgehead atoms. The third-order valence-corrected chi connectivity index (χ3v) is 5.62. The summed E-state index contributed by atoms with van der Waals surface area (Å²) in [5, 5.41) is 6.43. The van der Waals surface area contributed by atoms with Crippen molar-refractivity contribution in [1.29, 1.82) is 0 Å². The highest BCUT2D eigenvalue weighted by atomic mass is 35.5. The number of carbonyl (C=O) groups is 3. The Bertz CT molecular complexity index is 994. The number of halogens is 2. The van der Waals surface area contributed by atoms with E-state index >= 15 is 0 Å². The van der Waals surface area contributed by atoms with Crippen molar-refractivity contribution in [2.75, 3.05) is 29.1 Å². The molecule has 2 N–H and O–H groups in total. The van der Waals surface area contributed by atoms with Crippen LogP contribution < -0.4 is 15.5 Å². The maximum Gasteiger partial charge on any atom is 0.241 e. The molecule has 1 aliphatic rings. The molecule has 0 saturated heterocycles. The van der Waals surface area contributed by atoms with Crippen molar-refractivity contribution in [3.8, 4) is 0 Å². The van der Waals surface area contributed by atoms with Gasteiger partial charge in [-0.15, -0.1) is 0 Å². The number of nitrogens with zero attached hydrogens (tertiary/aromatic N) is 2. The van der Waals surface area contributed by atoms with Gasteiger partial charge >= 0.3 is 0 Å². The number of nitrogens with one attached hydrogen (secondary N) is 2. The highest BCUT2D eigenvalue weighted by Gasteiger charge is 2.31. The molecule has 0 fully saturated rings. The topological polar surface area (TPSA) is 81.8 Å². The predicted octanol–water partition coefficient (Wildman–Crippen LogP) is 4.02. The predicted molar refractivity (Wildman–Crippen MR) is 124 cm³/mol. The maximum absolute atomic E-state index is 13.2. The molecule has 2 atom stereocenters. The monoisotopic (exact) mass is 462 g/mol. The standard InChI is InChI=1S/C22H24Cl2N4O3/c1-13-8-20(29)26-18-6-4-5-7-19(18)28(13)21(30)12-27(3)14(2)22(31)25-17-10-15(23)9-16(24)11-17/h4-7,9-11,13-14H,8,12H2,1-3H3,(H,25,31)(H,26,29). The molecular weight excluding hydrogens is 439 g/mol. The normalized spacial score (nSPS) is 16.9. The SMILES string of the molecule is CC(C(=O)Nc1cc(Cl)cc(Cl)c1)N(C)CC(=O)N1c2ccccc2NC(=O)CC1C. The molecule has 164 valence electrons. The zero-order chi connectivity index (χ0) is 22.7. The van der Waals surface area contributed by atoms with E-state index in [1.165, 1.54) is 0 Å². The molecule has 9 heteroatoms. The van der Waals surface area contributed by atoms with Gasteiger partial charge in [0.1, 0.15) is 0 Å². The van der Waals surface area contributed by atoms with Gasteiger partial charge in [0.15, 0.2) is 0 Å². The lowest BCUT2D eigenvalue weighted by molar-refractivity contribution is -0.123. The van der Waals surface area contributed by atoms with Gasteiger partial charge in [-0.2, -0.15) is 0 Å². The molecule has 2 unspecified atom stereocenters. The summed E-state index contributed by atoms with van der Waals surface area (Å²) in [4.78, 5) is 41.3. The third kappa shape index (κ3) is 5.55. The number of anilines is 3. The van der Waals surface area contributed by atoms with Gasteiger partial charge in [-0.25, -0.2) is 0 Å². The van der Waals surface area contributed by atoms with E-state index in [1.807, 2.05) is 13.0 Å². The molecule has 2 aromatic carbocycles. The average Bonchev–Trinajstić information content (AvgIpc) is 2.80. The minimum atomic E-state index is -0.598. The second-order valence-electron chi connectivity index (χ2n) is 7.62. The number of carbonyl (C=O) groups excluding carboxylic acids is 3. The average molecular weight is 463 g/mol. The van der Waals surface area contributed by atoms with Crippen molar-refractivity contribution >= 4 is 58.0 Å². The van der Waals surface area contributed by atoms with Crippen LogP contribution in [0.2, 0.25) is 10.0 Å². The number of likely N-dealkylation sites (N-methyl/N-ethyl adjacent to an activating group) is 1. The van der Waals surface area contributed by atoms with Crippen LogP contribution in [-0.2, 0) is 14.4 Å². The first-order valence-corrected chi connectivity index (χ1v) is 10.6. The number of hydrogen-bond donors (Lipinski definition) is 2. The van der Waals surface area contributed by atoms with Gasteiger partial charge in [-0.05, 0) is 51.2 Å². The molecule has 3 amide bonds. The summed E-state index contributed by atoms with van der Waals surface area (Å²) in [5.41, 5.74) is 1.72. The molecule has 1 heterocycles. The lowest BCUT2D eigenvalue weighted by Crippen LogP contribution is -2.48. The molecule has 0 radical (unpaired) electrons. The van der Waals surface area contributed by atoms with Gasteiger partial charge in [-0.3, -0.25) is 19.3 Å². The third-order valence-electron chi connectivity index (χ3n) is 5.18. The van der Waals surface area contributed by atoms with Gasteiger partial charge in [0.05, 0.1) is 24.0 Å². The number of amides is 3. The van der Waals surface area contributed by atoms with Crippen molar-refractivity contribution < 1.29 is 14.4 Å². The largest absolute Gasteiger partial charge is 0.325 e. The summed E-state index contributed by atoms with van der Waals surface area (Å²) in [6.07, 6.45) is 0.190. The van der Waals surface area contributed by atoms with E-state index in [1.54, 1.807) is 60.2 Å². The fraction of sp³-hybridized carbons (Fsp3) is 0.318. The Labute approximate surface area is 191 Å². The first-order chi connectivity index (χ1) is 14.7. The highest BCUT2D eigenvalue weighted by Crippen LogP contribution is 2.31. The summed E-state index contributed by atoms with van der Waals surface area (Å²) in [6, 6.07) is 11.0. The van der Waals surface area contributed by atoms with Crippen molar-refractivity contribution in [1.82, 2.24) is 4.90 Å². The van der Waals surface area contributed by atoms with Crippen molar-refractivity contribution in [3.05, 3.63) is 52.5 Å². The van der Waals surface area contributed by atoms with Gasteiger partial charge < -0.3 is 15.5 Å². The van der Waals surface area contributed by atoms with Crippen LogP contribution in [0.5, 0.6) is 0 Å². The Kier molecular flexibility index (Phi) is 7.20. The first-order valence-electron chi connectivity index (χ1n) is 9.84. The van der Waals surface area contributed by atoms with E-state index in [2.05, 4.69) is 10.6 Å². The van der Waals surface area contributed by atoms with Crippen molar-refractivity contribution in [3.63, 3.8) is 0 Å². The molecular formula is C22H24Cl2N4O3. The second kappa shape index (κ2) is 9.68. The lowest BCUT2D eigenvalue weighted by Gasteiger charge is -2.31. The molecule has 0 saturated carbocycles. The van der Waals surface area contributed by atoms with Crippen LogP contribution >= 0.6 is 23.2 Å². The van der Waals surface area contributed by atoms with Gasteiger partial charge in [0, 0.05) is 28.2 Å². The molecule has 2 aromatic rings. The Hall–Kier alpha value is -2.61. The van der Waals surface area contributed by atoms with Crippen LogP contribution in [0.4, 0.5) is 17.1 Å². The fourth-order valence-corrected chi connectivity index (χ4v) is 3.99. The van der Waals surface area contributed by atoms with Gasteiger partial charge in [-0.1, -0.05) is 35.3 Å². The van der Waals surface area contributed by atoms with Gasteiger partial charge in [0.25, 0.3) is 0 Å². The van der Waals surface area contributed by atoms with E-state index in [0.717, 1.165) is 0 Å². The quantitative estimate of drug-likeness (QED) is 0.702. The molecule has 7 nitrogen and oxygen atoms in total. The van der Waals surface area contributed by atoms with Crippen molar-refractivity contribution in [2.45, 2.75) is 32.4 Å². The van der Waals surface area contributed by atoms with Crippen LogP contribution in [0.15, 0.2) is 42.5 Å². The van der Waals surface area contributed by atoms with Crippen LogP contribution in [0.25, 0.3) is 0 Å². The summed E-state index contributed by atoms with van der Waals surface area (Å²) in [7, 11) is 1.70. The zero-order valence-corrected chi connectivity index (χ0v) is 19.0. The van der Waals surface area contributed by atoms with Crippen molar-refractivity contribution in [2.24, 2.45) is 0 Å². The minimum absolute atomic E-state index is 0.00223. The van der Waals surface area contributed by atoms with Crippen LogP contribution in [0.3, 0.4) is 0 Å². The van der Waals surface area contributed by atoms with Crippen LogP contribution in [0.1, 0.15) is 20.3 Å². The van der Waals surface area contributed by atoms with Gasteiger partial charge in [0.2, 0.25) is 17.7 Å².